The minimum absolute atomic E-state index is 0.0185. The Bertz CT molecular complexity index is 274. The van der Waals surface area contributed by atoms with Crippen LogP contribution in [0.25, 0.3) is 0 Å². The number of nitrogens with one attached hydrogen (secondary N) is 1. The smallest absolute Gasteiger partial charge is 0.293 e. The van der Waals surface area contributed by atoms with Gasteiger partial charge >= 0.3 is 0 Å². The number of nitrogen functional groups attached to an aromatic ring is 1. The zero-order valence-electron chi connectivity index (χ0n) is 5.65. The Kier molecular flexibility index (Phi) is 2.03. The Morgan fingerprint density at radius 2 is 2.09 bits per heavy atom. The molecule has 0 fully saturated rings. The van der Waals surface area contributed by atoms with Gasteiger partial charge in [-0.3, -0.25) is 16.0 Å². The van der Waals surface area contributed by atoms with E-state index in [1.54, 1.807) is 12.1 Å². The van der Waals surface area contributed by atoms with Crippen LogP contribution in [0.1, 0.15) is 0 Å². The topological polar surface area (TPSA) is 81.2 Å². The number of para-hydroxylation sites is 2. The second-order valence-electron chi connectivity index (χ2n) is 1.92. The lowest BCUT2D eigenvalue weighted by molar-refractivity contribution is -0.384. The molecule has 0 amide bonds. The van der Waals surface area contributed by atoms with Gasteiger partial charge in [0.05, 0.1) is 4.92 Å². The molecule has 0 aromatic heterocycles. The minimum Gasteiger partial charge on any atom is -0.318 e. The number of nitrogens with zero attached hydrogens (tertiary/aromatic N) is 1. The second kappa shape index (κ2) is 2.98. The van der Waals surface area contributed by atoms with E-state index in [1.165, 1.54) is 12.1 Å². The van der Waals surface area contributed by atoms with Crippen molar-refractivity contribution in [2.45, 2.75) is 0 Å². The molecule has 1 aromatic rings. The molecule has 0 saturated carbocycles. The van der Waals surface area contributed by atoms with E-state index in [0.717, 1.165) is 0 Å². The monoisotopic (exact) mass is 153 g/mol. The number of nitro groups is 1. The first-order chi connectivity index (χ1) is 5.25. The summed E-state index contributed by atoms with van der Waals surface area (Å²) >= 11 is 0. The van der Waals surface area contributed by atoms with Crippen molar-refractivity contribution in [3.05, 3.63) is 34.4 Å². The number of anilines is 1. The minimum atomic E-state index is -0.491. The van der Waals surface area contributed by atoms with E-state index < -0.39 is 4.92 Å². The Morgan fingerprint density at radius 1 is 1.45 bits per heavy atom. The summed E-state index contributed by atoms with van der Waals surface area (Å²) in [5, 5.41) is 10.3. The SMILES string of the molecule is NNc1ccccc1[N+](=O)[O-]. The Labute approximate surface area is 62.9 Å². The molecule has 0 saturated heterocycles. The van der Waals surface area contributed by atoms with Gasteiger partial charge in [0.25, 0.3) is 5.69 Å². The molecule has 1 rings (SSSR count). The standard InChI is InChI=1S/C6H7N3O2/c7-8-5-3-1-2-4-6(5)9(10)11/h1-4,8H,7H2. The predicted molar refractivity (Wildman–Crippen MR) is 40.9 cm³/mol. The molecule has 0 radical (unpaired) electrons. The number of hydrogen-bond acceptors (Lipinski definition) is 4. The van der Waals surface area contributed by atoms with E-state index in [0.29, 0.717) is 5.69 Å². The molecule has 0 aliphatic carbocycles. The van der Waals surface area contributed by atoms with E-state index in [4.69, 9.17) is 5.84 Å². The van der Waals surface area contributed by atoms with E-state index in [-0.39, 0.29) is 5.69 Å². The second-order valence-corrected chi connectivity index (χ2v) is 1.92. The summed E-state index contributed by atoms with van der Waals surface area (Å²) < 4.78 is 0. The van der Waals surface area contributed by atoms with Gasteiger partial charge in [0.2, 0.25) is 0 Å². The fraction of sp³-hybridized carbons (Fsp3) is 0. The average Bonchev–Trinajstić information content (AvgIpc) is 2.04. The van der Waals surface area contributed by atoms with E-state index in [2.05, 4.69) is 5.43 Å². The average molecular weight is 153 g/mol. The van der Waals surface area contributed by atoms with Crippen LogP contribution in [0.5, 0.6) is 0 Å². The molecular formula is C6H7N3O2. The first-order valence-electron chi connectivity index (χ1n) is 2.95. The van der Waals surface area contributed by atoms with Gasteiger partial charge in [-0.15, -0.1) is 0 Å². The zero-order valence-corrected chi connectivity index (χ0v) is 5.65. The fourth-order valence-corrected chi connectivity index (χ4v) is 0.755. The van der Waals surface area contributed by atoms with Gasteiger partial charge in [-0.2, -0.15) is 0 Å². The number of nitrogens with two attached hydrogens (primary N) is 1. The highest BCUT2D eigenvalue weighted by Crippen LogP contribution is 2.21. The molecule has 5 heteroatoms. The third-order valence-corrected chi connectivity index (χ3v) is 1.26. The van der Waals surface area contributed by atoms with Crippen molar-refractivity contribution in [2.24, 2.45) is 5.84 Å². The predicted octanol–water partition coefficient (Wildman–Crippen LogP) is 0.880. The van der Waals surface area contributed by atoms with Crippen molar-refractivity contribution >= 4 is 11.4 Å². The van der Waals surface area contributed by atoms with Crippen molar-refractivity contribution in [3.63, 3.8) is 0 Å². The molecule has 0 aliphatic rings. The first kappa shape index (κ1) is 7.49. The molecule has 0 bridgehead atoms. The molecule has 0 aliphatic heterocycles. The summed E-state index contributed by atoms with van der Waals surface area (Å²) in [5.41, 5.74) is 2.53. The van der Waals surface area contributed by atoms with Gasteiger partial charge in [0.15, 0.2) is 0 Å². The Morgan fingerprint density at radius 3 is 2.55 bits per heavy atom. The lowest BCUT2D eigenvalue weighted by atomic mass is 10.3. The highest BCUT2D eigenvalue weighted by molar-refractivity contribution is 5.60. The van der Waals surface area contributed by atoms with Crippen LogP contribution < -0.4 is 11.3 Å². The van der Waals surface area contributed by atoms with Gasteiger partial charge < -0.3 is 5.43 Å². The molecule has 0 atom stereocenters. The Hall–Kier alpha value is -1.62. The number of nitro benzene ring substituents is 1. The largest absolute Gasteiger partial charge is 0.318 e. The highest BCUT2D eigenvalue weighted by Gasteiger charge is 2.09. The summed E-state index contributed by atoms with van der Waals surface area (Å²) in [6.07, 6.45) is 0. The molecule has 0 heterocycles. The van der Waals surface area contributed by atoms with Crippen LogP contribution in [0.2, 0.25) is 0 Å². The van der Waals surface area contributed by atoms with E-state index in [9.17, 15) is 10.1 Å². The summed E-state index contributed by atoms with van der Waals surface area (Å²) in [6.45, 7) is 0. The third-order valence-electron chi connectivity index (χ3n) is 1.26. The lowest BCUT2D eigenvalue weighted by Gasteiger charge is -1.98. The maximum absolute atomic E-state index is 10.3. The van der Waals surface area contributed by atoms with Crippen LogP contribution in [0.3, 0.4) is 0 Å². The first-order valence-corrected chi connectivity index (χ1v) is 2.95. The van der Waals surface area contributed by atoms with Crippen molar-refractivity contribution in [2.75, 3.05) is 5.43 Å². The summed E-state index contributed by atoms with van der Waals surface area (Å²) in [4.78, 5) is 9.80. The van der Waals surface area contributed by atoms with Gasteiger partial charge in [-0.25, -0.2) is 0 Å². The normalized spacial score (nSPS) is 9.18. The van der Waals surface area contributed by atoms with Gasteiger partial charge in [0.1, 0.15) is 5.69 Å². The molecule has 1 aromatic carbocycles. The van der Waals surface area contributed by atoms with Crippen LogP contribution in [0.4, 0.5) is 11.4 Å². The number of benzene rings is 1. The molecule has 3 N–H and O–H groups in total. The Balaban J connectivity index is 3.12. The quantitative estimate of drug-likeness (QED) is 0.375. The maximum Gasteiger partial charge on any atom is 0.293 e. The highest BCUT2D eigenvalue weighted by atomic mass is 16.6. The van der Waals surface area contributed by atoms with Crippen molar-refractivity contribution in [1.82, 2.24) is 0 Å². The zero-order chi connectivity index (χ0) is 8.27. The van der Waals surface area contributed by atoms with Crippen molar-refractivity contribution < 1.29 is 4.92 Å². The number of hydrogen-bond donors (Lipinski definition) is 2. The van der Waals surface area contributed by atoms with Crippen LogP contribution >= 0.6 is 0 Å². The summed E-state index contributed by atoms with van der Waals surface area (Å²) in [5.74, 6) is 5.03. The fourth-order valence-electron chi connectivity index (χ4n) is 0.755. The summed E-state index contributed by atoms with van der Waals surface area (Å²) in [7, 11) is 0. The molecule has 5 nitrogen and oxygen atoms in total. The molecule has 58 valence electrons. The third kappa shape index (κ3) is 1.44. The van der Waals surface area contributed by atoms with Crippen molar-refractivity contribution in [1.29, 1.82) is 0 Å². The van der Waals surface area contributed by atoms with Crippen LogP contribution in [-0.4, -0.2) is 4.92 Å². The number of hydrazine groups is 1. The van der Waals surface area contributed by atoms with Gasteiger partial charge in [-0.05, 0) is 6.07 Å². The lowest BCUT2D eigenvalue weighted by Crippen LogP contribution is -2.08. The maximum atomic E-state index is 10.3. The van der Waals surface area contributed by atoms with Gasteiger partial charge in [-0.1, -0.05) is 12.1 Å². The summed E-state index contributed by atoms with van der Waals surface area (Å²) in [6, 6.07) is 6.18. The van der Waals surface area contributed by atoms with E-state index in [1.807, 2.05) is 0 Å². The van der Waals surface area contributed by atoms with Gasteiger partial charge in [0, 0.05) is 6.07 Å². The molecule has 0 unspecified atom stereocenters. The molecule has 0 spiro atoms. The number of rotatable bonds is 2. The molecule has 11 heavy (non-hydrogen) atoms. The van der Waals surface area contributed by atoms with Crippen LogP contribution in [-0.2, 0) is 0 Å². The van der Waals surface area contributed by atoms with Crippen LogP contribution in [0.15, 0.2) is 24.3 Å². The van der Waals surface area contributed by atoms with Crippen molar-refractivity contribution in [3.8, 4) is 0 Å². The molecular weight excluding hydrogens is 146 g/mol. The van der Waals surface area contributed by atoms with E-state index >= 15 is 0 Å². The van der Waals surface area contributed by atoms with Crippen LogP contribution in [0, 0.1) is 10.1 Å².